The van der Waals surface area contributed by atoms with E-state index < -0.39 is 23.9 Å². The van der Waals surface area contributed by atoms with Crippen LogP contribution in [0.5, 0.6) is 0 Å². The first kappa shape index (κ1) is 17.4. The van der Waals surface area contributed by atoms with Gasteiger partial charge >= 0.3 is 11.9 Å². The Morgan fingerprint density at radius 1 is 1.00 bits per heavy atom. The minimum Gasteiger partial charge on any atom is -0.469 e. The van der Waals surface area contributed by atoms with E-state index in [0.29, 0.717) is 6.42 Å². The van der Waals surface area contributed by atoms with E-state index in [1.165, 1.54) is 14.2 Å². The molecule has 0 aliphatic carbocycles. The van der Waals surface area contributed by atoms with Crippen molar-refractivity contribution in [2.24, 2.45) is 11.8 Å². The summed E-state index contributed by atoms with van der Waals surface area (Å²) in [5.41, 5.74) is 0. The van der Waals surface area contributed by atoms with Crippen molar-refractivity contribution >= 4 is 17.8 Å². The normalized spacial score (nSPS) is 13.6. The first-order valence-electron chi connectivity index (χ1n) is 6.26. The van der Waals surface area contributed by atoms with Crippen LogP contribution < -0.4 is 5.32 Å². The lowest BCUT2D eigenvalue weighted by Crippen LogP contribution is -2.43. The van der Waals surface area contributed by atoms with Crippen LogP contribution in [0.25, 0.3) is 0 Å². The van der Waals surface area contributed by atoms with E-state index in [2.05, 4.69) is 14.8 Å². The Morgan fingerprint density at radius 3 is 1.95 bits per heavy atom. The van der Waals surface area contributed by atoms with Crippen LogP contribution in [0, 0.1) is 11.8 Å². The molecule has 0 saturated heterocycles. The van der Waals surface area contributed by atoms with Crippen molar-refractivity contribution in [2.75, 3.05) is 14.2 Å². The molecule has 6 nitrogen and oxygen atoms in total. The highest BCUT2D eigenvalue weighted by Gasteiger charge is 2.27. The second-order valence-corrected chi connectivity index (χ2v) is 4.90. The van der Waals surface area contributed by atoms with E-state index in [9.17, 15) is 14.4 Å². The van der Waals surface area contributed by atoms with Crippen molar-refractivity contribution in [3.8, 4) is 0 Å². The molecule has 0 unspecified atom stereocenters. The van der Waals surface area contributed by atoms with Gasteiger partial charge in [-0.05, 0) is 12.3 Å². The van der Waals surface area contributed by atoms with Crippen molar-refractivity contribution in [1.82, 2.24) is 5.32 Å². The molecule has 0 fully saturated rings. The fourth-order valence-electron chi connectivity index (χ4n) is 1.63. The zero-order valence-corrected chi connectivity index (χ0v) is 12.2. The van der Waals surface area contributed by atoms with Gasteiger partial charge in [-0.15, -0.1) is 0 Å². The van der Waals surface area contributed by atoms with Gasteiger partial charge in [0.05, 0.1) is 20.1 Å². The van der Waals surface area contributed by atoms with E-state index in [1.54, 1.807) is 6.92 Å². The van der Waals surface area contributed by atoms with Gasteiger partial charge in [-0.1, -0.05) is 20.8 Å². The number of nitrogens with one attached hydrogen (secondary N) is 1. The number of carbonyl (C=O) groups is 3. The Kier molecular flexibility index (Phi) is 7.79. The third kappa shape index (κ3) is 6.79. The Morgan fingerprint density at radius 2 is 1.53 bits per heavy atom. The summed E-state index contributed by atoms with van der Waals surface area (Å²) in [6, 6.07) is -0.828. The summed E-state index contributed by atoms with van der Waals surface area (Å²) in [6.45, 7) is 5.45. The summed E-state index contributed by atoms with van der Waals surface area (Å²) in [6.07, 6.45) is 0.475. The lowest BCUT2D eigenvalue weighted by atomic mass is 10.0. The number of hydrogen-bond donors (Lipinski definition) is 1. The molecule has 0 heterocycles. The number of methoxy groups -OCH3 is 2. The molecule has 0 spiro atoms. The number of esters is 2. The highest BCUT2D eigenvalue weighted by atomic mass is 16.5. The third-order valence-corrected chi connectivity index (χ3v) is 2.61. The SMILES string of the molecule is COC(=O)[C@H](C)C[C@@H](NC(=O)CC(C)C)C(=O)OC. The highest BCUT2D eigenvalue weighted by molar-refractivity contribution is 5.85. The number of carbonyl (C=O) groups excluding carboxylic acids is 3. The standard InChI is InChI=1S/C13H23NO5/c1-8(2)6-11(15)14-10(13(17)19-5)7-9(3)12(16)18-4/h8-10H,6-7H2,1-5H3,(H,14,15)/t9-,10-/m1/s1. The van der Waals surface area contributed by atoms with Crippen LogP contribution in [0.1, 0.15) is 33.6 Å². The van der Waals surface area contributed by atoms with Gasteiger partial charge in [0.25, 0.3) is 0 Å². The first-order chi connectivity index (χ1) is 8.81. The monoisotopic (exact) mass is 273 g/mol. The van der Waals surface area contributed by atoms with Gasteiger partial charge in [0, 0.05) is 6.42 Å². The molecule has 0 aromatic carbocycles. The van der Waals surface area contributed by atoms with E-state index in [4.69, 9.17) is 0 Å². The van der Waals surface area contributed by atoms with Crippen LogP contribution in [-0.4, -0.2) is 38.1 Å². The van der Waals surface area contributed by atoms with Crippen molar-refractivity contribution in [3.63, 3.8) is 0 Å². The van der Waals surface area contributed by atoms with Gasteiger partial charge in [0.15, 0.2) is 0 Å². The molecule has 0 bridgehead atoms. The summed E-state index contributed by atoms with van der Waals surface area (Å²) in [4.78, 5) is 34.6. The van der Waals surface area contributed by atoms with Crippen LogP contribution in [0.3, 0.4) is 0 Å². The van der Waals surface area contributed by atoms with Gasteiger partial charge in [0.2, 0.25) is 5.91 Å². The topological polar surface area (TPSA) is 81.7 Å². The summed E-state index contributed by atoms with van der Waals surface area (Å²) in [5.74, 6) is -1.52. The van der Waals surface area contributed by atoms with Crippen molar-refractivity contribution < 1.29 is 23.9 Å². The molecule has 2 atom stereocenters. The molecule has 0 saturated carbocycles. The maximum atomic E-state index is 11.7. The van der Waals surface area contributed by atoms with Crippen LogP contribution in [0.15, 0.2) is 0 Å². The molecular formula is C13H23NO5. The molecule has 1 amide bonds. The largest absolute Gasteiger partial charge is 0.469 e. The number of rotatable bonds is 7. The Bertz CT molecular complexity index is 327. The lowest BCUT2D eigenvalue weighted by Gasteiger charge is -2.19. The molecule has 1 N–H and O–H groups in total. The predicted octanol–water partition coefficient (Wildman–Crippen LogP) is 0.889. The Balaban J connectivity index is 4.60. The van der Waals surface area contributed by atoms with E-state index >= 15 is 0 Å². The summed E-state index contributed by atoms with van der Waals surface area (Å²) < 4.78 is 9.22. The fraction of sp³-hybridized carbons (Fsp3) is 0.769. The van der Waals surface area contributed by atoms with Crippen molar-refractivity contribution in [3.05, 3.63) is 0 Å². The minimum absolute atomic E-state index is 0.156. The van der Waals surface area contributed by atoms with Gasteiger partial charge in [0.1, 0.15) is 6.04 Å². The highest BCUT2D eigenvalue weighted by Crippen LogP contribution is 2.10. The molecule has 110 valence electrons. The van der Waals surface area contributed by atoms with Crippen LogP contribution in [0.2, 0.25) is 0 Å². The zero-order chi connectivity index (χ0) is 15.0. The second kappa shape index (κ2) is 8.50. The average molecular weight is 273 g/mol. The molecular weight excluding hydrogens is 250 g/mol. The van der Waals surface area contributed by atoms with Crippen LogP contribution >= 0.6 is 0 Å². The summed E-state index contributed by atoms with van der Waals surface area (Å²) in [7, 11) is 2.52. The Labute approximate surface area is 113 Å². The minimum atomic E-state index is -0.828. The first-order valence-corrected chi connectivity index (χ1v) is 6.26. The summed E-state index contributed by atoms with van der Waals surface area (Å²) in [5, 5.41) is 2.59. The molecule has 0 rings (SSSR count). The van der Waals surface area contributed by atoms with Crippen molar-refractivity contribution in [1.29, 1.82) is 0 Å². The van der Waals surface area contributed by atoms with E-state index in [1.807, 2.05) is 13.8 Å². The molecule has 0 aliphatic rings. The third-order valence-electron chi connectivity index (χ3n) is 2.61. The van der Waals surface area contributed by atoms with Gasteiger partial charge in [-0.3, -0.25) is 9.59 Å². The number of ether oxygens (including phenoxy) is 2. The van der Waals surface area contributed by atoms with Gasteiger partial charge < -0.3 is 14.8 Å². The maximum absolute atomic E-state index is 11.7. The van der Waals surface area contributed by atoms with Crippen LogP contribution in [0.4, 0.5) is 0 Å². The van der Waals surface area contributed by atoms with E-state index in [0.717, 1.165) is 0 Å². The molecule has 0 radical (unpaired) electrons. The summed E-state index contributed by atoms with van der Waals surface area (Å²) >= 11 is 0. The molecule has 6 heteroatoms. The van der Waals surface area contributed by atoms with E-state index in [-0.39, 0.29) is 18.2 Å². The number of amides is 1. The van der Waals surface area contributed by atoms with Crippen LogP contribution in [-0.2, 0) is 23.9 Å². The van der Waals surface area contributed by atoms with Gasteiger partial charge in [-0.25, -0.2) is 4.79 Å². The molecule has 0 aromatic rings. The predicted molar refractivity (Wildman–Crippen MR) is 69.2 cm³/mol. The van der Waals surface area contributed by atoms with Crippen molar-refractivity contribution in [2.45, 2.75) is 39.7 Å². The van der Waals surface area contributed by atoms with Gasteiger partial charge in [-0.2, -0.15) is 0 Å². The zero-order valence-electron chi connectivity index (χ0n) is 12.2. The average Bonchev–Trinajstić information content (AvgIpc) is 2.34. The quantitative estimate of drug-likeness (QED) is 0.697. The lowest BCUT2D eigenvalue weighted by molar-refractivity contribution is -0.149. The second-order valence-electron chi connectivity index (χ2n) is 4.90. The number of hydrogen-bond acceptors (Lipinski definition) is 5. The molecule has 0 aliphatic heterocycles. The maximum Gasteiger partial charge on any atom is 0.328 e. The fourth-order valence-corrected chi connectivity index (χ4v) is 1.63. The molecule has 19 heavy (non-hydrogen) atoms. The molecule has 0 aromatic heterocycles. The Hall–Kier alpha value is -1.59. The smallest absolute Gasteiger partial charge is 0.328 e.